The maximum absolute atomic E-state index is 15.5. The second-order valence-corrected chi connectivity index (χ2v) is 9.54. The van der Waals surface area contributed by atoms with E-state index in [0.29, 0.717) is 24.2 Å². The zero-order chi connectivity index (χ0) is 20.4. The van der Waals surface area contributed by atoms with Crippen molar-refractivity contribution in [1.29, 1.82) is 0 Å². The quantitative estimate of drug-likeness (QED) is 0.438. The summed E-state index contributed by atoms with van der Waals surface area (Å²) in [5.41, 5.74) is -2.52. The predicted octanol–water partition coefficient (Wildman–Crippen LogP) is 3.43. The molecule has 4 saturated carbocycles. The first-order valence-corrected chi connectivity index (χ1v) is 9.91. The number of hydrogen-bond donors (Lipinski definition) is 1. The molecule has 1 N–H and O–H groups in total. The lowest BCUT2D eigenvalue weighted by atomic mass is 9.59. The smallest absolute Gasteiger partial charge is 0.359 e. The molecule has 9 heteroatoms. The van der Waals surface area contributed by atoms with Crippen molar-refractivity contribution in [2.75, 3.05) is 13.9 Å². The summed E-state index contributed by atoms with van der Waals surface area (Å²) in [6.07, 6.45) is -5.87. The highest BCUT2D eigenvalue weighted by atomic mass is 19.4. The molecule has 1 heterocycles. The summed E-state index contributed by atoms with van der Waals surface area (Å²) in [6.45, 7) is 3.67. The van der Waals surface area contributed by atoms with Gasteiger partial charge < -0.3 is 19.3 Å². The summed E-state index contributed by atoms with van der Waals surface area (Å²) < 4.78 is 86.7. The Morgan fingerprint density at radius 2 is 1.64 bits per heavy atom. The van der Waals surface area contributed by atoms with Crippen molar-refractivity contribution in [1.82, 2.24) is 0 Å². The van der Waals surface area contributed by atoms with Gasteiger partial charge in [-0.15, -0.1) is 0 Å². The van der Waals surface area contributed by atoms with E-state index in [4.69, 9.17) is 14.2 Å². The molecule has 0 aromatic carbocycles. The van der Waals surface area contributed by atoms with Crippen LogP contribution in [0, 0.1) is 47.3 Å². The molecule has 0 amide bonds. The van der Waals surface area contributed by atoms with Crippen LogP contribution in [0.5, 0.6) is 0 Å². The highest BCUT2D eigenvalue weighted by Gasteiger charge is 2.92. The summed E-state index contributed by atoms with van der Waals surface area (Å²) in [7, 11) is 1.23. The van der Waals surface area contributed by atoms with Gasteiger partial charge in [0.15, 0.2) is 5.60 Å². The molecule has 1 saturated heterocycles. The molecule has 4 bridgehead atoms. The van der Waals surface area contributed by atoms with E-state index < -0.39 is 48.2 Å². The molecule has 1 aliphatic heterocycles. The van der Waals surface area contributed by atoms with Crippen LogP contribution in [0.3, 0.4) is 0 Å². The molecule has 4 nitrogen and oxygen atoms in total. The Bertz CT molecular complexity index is 686. The molecule has 4 aliphatic carbocycles. The standard InChI is InChI=1S/C19H25F5O4/c1-7-8(2)10-4-9(7)13-11-5-12(14(10)13)16(27-6-26-3)15(11)28-18(25,17(16,20)21)19(22,23)24/h7-15,25H,4-6H2,1-3H3. The third-order valence-electron chi connectivity index (χ3n) is 9.02. The molecule has 5 fully saturated rings. The number of halogens is 5. The van der Waals surface area contributed by atoms with E-state index in [1.165, 1.54) is 7.11 Å². The van der Waals surface area contributed by atoms with Crippen molar-refractivity contribution in [3.63, 3.8) is 0 Å². The zero-order valence-corrected chi connectivity index (χ0v) is 15.9. The van der Waals surface area contributed by atoms with Crippen molar-refractivity contribution >= 4 is 0 Å². The van der Waals surface area contributed by atoms with Gasteiger partial charge in [0.05, 0.1) is 0 Å². The molecular formula is C19H25F5O4. The third kappa shape index (κ3) is 1.79. The van der Waals surface area contributed by atoms with Gasteiger partial charge in [-0.2, -0.15) is 22.0 Å². The van der Waals surface area contributed by atoms with Crippen LogP contribution in [0.1, 0.15) is 26.7 Å². The Morgan fingerprint density at radius 1 is 1.04 bits per heavy atom. The first kappa shape index (κ1) is 19.5. The largest absolute Gasteiger partial charge is 0.449 e. The maximum atomic E-state index is 15.5. The topological polar surface area (TPSA) is 47.9 Å². The number of aliphatic hydroxyl groups is 1. The number of hydrogen-bond acceptors (Lipinski definition) is 4. The van der Waals surface area contributed by atoms with Crippen molar-refractivity contribution < 1.29 is 41.3 Å². The van der Waals surface area contributed by atoms with Gasteiger partial charge in [-0.3, -0.25) is 0 Å². The molecule has 0 spiro atoms. The number of ether oxygens (including phenoxy) is 3. The van der Waals surface area contributed by atoms with Gasteiger partial charge in [-0.05, 0) is 54.3 Å². The Hall–Kier alpha value is -0.510. The minimum absolute atomic E-state index is 0.0526. The van der Waals surface area contributed by atoms with Crippen molar-refractivity contribution in [3.8, 4) is 0 Å². The van der Waals surface area contributed by atoms with Gasteiger partial charge >= 0.3 is 17.9 Å². The highest BCUT2D eigenvalue weighted by molar-refractivity contribution is 5.30. The predicted molar refractivity (Wildman–Crippen MR) is 85.0 cm³/mol. The van der Waals surface area contributed by atoms with Crippen LogP contribution in [-0.4, -0.2) is 48.6 Å². The molecule has 28 heavy (non-hydrogen) atoms. The SMILES string of the molecule is COCOC12C3CC(C4C5CC(C(C)C5C)C43)C1OC(O)(C(F)(F)F)C2(F)F. The number of fused-ring (bicyclic) bond motifs is 12. The van der Waals surface area contributed by atoms with E-state index in [0.717, 1.165) is 6.42 Å². The first-order chi connectivity index (χ1) is 12.9. The van der Waals surface area contributed by atoms with Crippen LogP contribution in [-0.2, 0) is 14.2 Å². The first-order valence-electron chi connectivity index (χ1n) is 9.91. The summed E-state index contributed by atoms with van der Waals surface area (Å²) in [4.78, 5) is 0. The fraction of sp³-hybridized carbons (Fsp3) is 1.00. The summed E-state index contributed by atoms with van der Waals surface area (Å²) in [6, 6.07) is 0. The van der Waals surface area contributed by atoms with Crippen molar-refractivity contribution in [2.45, 2.75) is 56.3 Å². The lowest BCUT2D eigenvalue weighted by Gasteiger charge is -2.50. The molecule has 0 aromatic rings. The second kappa shape index (κ2) is 5.39. The molecule has 0 radical (unpaired) electrons. The normalized spacial score (nSPS) is 58.4. The Kier molecular flexibility index (Phi) is 3.75. The Morgan fingerprint density at radius 3 is 2.21 bits per heavy atom. The Labute approximate surface area is 159 Å². The van der Waals surface area contributed by atoms with E-state index in [2.05, 4.69) is 13.8 Å². The van der Waals surface area contributed by atoms with E-state index in [1.807, 2.05) is 0 Å². The average molecular weight is 412 g/mol. The molecular weight excluding hydrogens is 387 g/mol. The summed E-state index contributed by atoms with van der Waals surface area (Å²) >= 11 is 0. The molecule has 0 aromatic heterocycles. The summed E-state index contributed by atoms with van der Waals surface area (Å²) in [5.74, 6) is -9.29. The van der Waals surface area contributed by atoms with Crippen LogP contribution in [0.25, 0.3) is 0 Å². The molecule has 11 unspecified atom stereocenters. The van der Waals surface area contributed by atoms with Gasteiger partial charge in [-0.1, -0.05) is 13.8 Å². The zero-order valence-electron chi connectivity index (χ0n) is 15.9. The average Bonchev–Trinajstić information content (AvgIpc) is 3.33. The number of rotatable bonds is 3. The molecule has 5 aliphatic rings. The van der Waals surface area contributed by atoms with Crippen LogP contribution >= 0.6 is 0 Å². The van der Waals surface area contributed by atoms with Gasteiger partial charge in [0.25, 0.3) is 0 Å². The second-order valence-electron chi connectivity index (χ2n) is 9.54. The minimum Gasteiger partial charge on any atom is -0.359 e. The van der Waals surface area contributed by atoms with Crippen molar-refractivity contribution in [2.24, 2.45) is 47.3 Å². The lowest BCUT2D eigenvalue weighted by molar-refractivity contribution is -0.417. The van der Waals surface area contributed by atoms with Gasteiger partial charge in [0.2, 0.25) is 0 Å². The van der Waals surface area contributed by atoms with Gasteiger partial charge in [0, 0.05) is 13.0 Å². The number of alkyl halides is 5. The lowest BCUT2D eigenvalue weighted by Crippen LogP contribution is -2.68. The van der Waals surface area contributed by atoms with Gasteiger partial charge in [0.1, 0.15) is 12.9 Å². The van der Waals surface area contributed by atoms with Crippen LogP contribution in [0.2, 0.25) is 0 Å². The third-order valence-corrected chi connectivity index (χ3v) is 9.02. The number of methoxy groups -OCH3 is 1. The molecule has 160 valence electrons. The minimum atomic E-state index is -5.64. The molecule has 5 rings (SSSR count). The molecule has 11 atom stereocenters. The summed E-state index contributed by atoms with van der Waals surface area (Å²) in [5, 5.41) is 10.1. The van der Waals surface area contributed by atoms with E-state index in [1.54, 1.807) is 0 Å². The van der Waals surface area contributed by atoms with Crippen LogP contribution in [0.4, 0.5) is 22.0 Å². The van der Waals surface area contributed by atoms with Gasteiger partial charge in [-0.25, -0.2) is 0 Å². The van der Waals surface area contributed by atoms with E-state index >= 15 is 8.78 Å². The van der Waals surface area contributed by atoms with E-state index in [9.17, 15) is 18.3 Å². The maximum Gasteiger partial charge on any atom is 0.449 e. The Balaban J connectivity index is 1.63. The fourth-order valence-corrected chi connectivity index (χ4v) is 7.99. The van der Waals surface area contributed by atoms with Crippen molar-refractivity contribution in [3.05, 3.63) is 0 Å². The van der Waals surface area contributed by atoms with Crippen LogP contribution < -0.4 is 0 Å². The fourth-order valence-electron chi connectivity index (χ4n) is 7.99. The highest BCUT2D eigenvalue weighted by Crippen LogP contribution is 2.78. The van der Waals surface area contributed by atoms with E-state index in [-0.39, 0.29) is 17.8 Å². The monoisotopic (exact) mass is 412 g/mol. The van der Waals surface area contributed by atoms with Crippen LogP contribution in [0.15, 0.2) is 0 Å².